The summed E-state index contributed by atoms with van der Waals surface area (Å²) in [5.74, 6) is 0.494. The first-order valence-electron chi connectivity index (χ1n) is 10.1. The fraction of sp³-hybridized carbons (Fsp3) is 0.417. The van der Waals surface area contributed by atoms with Crippen LogP contribution in [-0.2, 0) is 16.2 Å². The van der Waals surface area contributed by atoms with E-state index in [1.807, 2.05) is 45.0 Å². The first-order chi connectivity index (χ1) is 14.2. The maximum Gasteiger partial charge on any atom is 0.223 e. The Hall–Kier alpha value is -2.89. The van der Waals surface area contributed by atoms with Crippen LogP contribution in [0.25, 0.3) is 0 Å². The number of amides is 1. The standard InChI is InChI=1S/C24H29FN2O3/c1-24(2,3)14-23(28)27(15-17-9-11-18(25)12-10-17)16-19-13-21(26-30-19)20-7-5-6-8-22(20)29-4/h5-12,19H,13-16H2,1-4H3/t19-/m0/s1. The van der Waals surface area contributed by atoms with E-state index >= 15 is 0 Å². The van der Waals surface area contributed by atoms with Gasteiger partial charge in [0.15, 0.2) is 6.10 Å². The van der Waals surface area contributed by atoms with Crippen LogP contribution in [0.3, 0.4) is 0 Å². The molecule has 1 aliphatic rings. The molecule has 0 saturated carbocycles. The number of ether oxygens (including phenoxy) is 1. The number of rotatable bonds is 7. The van der Waals surface area contributed by atoms with Crippen LogP contribution < -0.4 is 4.74 Å². The van der Waals surface area contributed by atoms with Crippen LogP contribution in [0.5, 0.6) is 5.75 Å². The summed E-state index contributed by atoms with van der Waals surface area (Å²) in [6, 6.07) is 13.9. The third-order valence-corrected chi connectivity index (χ3v) is 4.90. The number of nitrogens with zero attached hydrogens (tertiary/aromatic N) is 2. The van der Waals surface area contributed by atoms with Crippen molar-refractivity contribution in [3.63, 3.8) is 0 Å². The molecule has 0 N–H and O–H groups in total. The molecule has 0 bridgehead atoms. The average molecular weight is 413 g/mol. The van der Waals surface area contributed by atoms with Crippen molar-refractivity contribution in [2.24, 2.45) is 10.6 Å². The summed E-state index contributed by atoms with van der Waals surface area (Å²) < 4.78 is 18.7. The van der Waals surface area contributed by atoms with Crippen molar-refractivity contribution in [2.75, 3.05) is 13.7 Å². The van der Waals surface area contributed by atoms with Crippen LogP contribution in [0.4, 0.5) is 4.39 Å². The summed E-state index contributed by atoms with van der Waals surface area (Å²) in [6.07, 6.45) is 0.763. The zero-order valence-corrected chi connectivity index (χ0v) is 18.0. The van der Waals surface area contributed by atoms with Crippen LogP contribution in [0.2, 0.25) is 0 Å². The number of halogens is 1. The van der Waals surface area contributed by atoms with Crippen LogP contribution in [-0.4, -0.2) is 36.3 Å². The predicted octanol–water partition coefficient (Wildman–Crippen LogP) is 4.79. The van der Waals surface area contributed by atoms with Crippen molar-refractivity contribution in [3.05, 3.63) is 65.5 Å². The Bertz CT molecular complexity index is 903. The molecule has 0 fully saturated rings. The van der Waals surface area contributed by atoms with E-state index in [1.54, 1.807) is 24.1 Å². The van der Waals surface area contributed by atoms with Gasteiger partial charge in [0.2, 0.25) is 5.91 Å². The van der Waals surface area contributed by atoms with Gasteiger partial charge in [-0.15, -0.1) is 0 Å². The summed E-state index contributed by atoms with van der Waals surface area (Å²) in [7, 11) is 1.63. The first kappa shape index (κ1) is 21.8. The van der Waals surface area contributed by atoms with Gasteiger partial charge in [-0.05, 0) is 35.2 Å². The number of carbonyl (C=O) groups is 1. The zero-order chi connectivity index (χ0) is 21.7. The largest absolute Gasteiger partial charge is 0.496 e. The van der Waals surface area contributed by atoms with Crippen molar-refractivity contribution in [3.8, 4) is 5.75 Å². The minimum Gasteiger partial charge on any atom is -0.496 e. The van der Waals surface area contributed by atoms with Gasteiger partial charge in [0.05, 0.1) is 19.4 Å². The monoisotopic (exact) mass is 412 g/mol. The minimum atomic E-state index is -0.291. The molecule has 5 nitrogen and oxygen atoms in total. The third kappa shape index (κ3) is 5.81. The molecule has 0 radical (unpaired) electrons. The molecule has 3 rings (SSSR count). The molecule has 2 aromatic rings. The van der Waals surface area contributed by atoms with E-state index in [1.165, 1.54) is 12.1 Å². The molecule has 2 aromatic carbocycles. The Balaban J connectivity index is 1.71. The minimum absolute atomic E-state index is 0.0427. The summed E-state index contributed by atoms with van der Waals surface area (Å²) in [6.45, 7) is 6.93. The molecule has 30 heavy (non-hydrogen) atoms. The first-order valence-corrected chi connectivity index (χ1v) is 10.1. The number of carbonyl (C=O) groups excluding carboxylic acids is 1. The molecule has 160 valence electrons. The van der Waals surface area contributed by atoms with Crippen molar-refractivity contribution in [2.45, 2.75) is 46.3 Å². The van der Waals surface area contributed by atoms with Gasteiger partial charge in [-0.1, -0.05) is 50.2 Å². The second kappa shape index (κ2) is 9.28. The Morgan fingerprint density at radius 3 is 2.57 bits per heavy atom. The lowest BCUT2D eigenvalue weighted by molar-refractivity contribution is -0.135. The molecule has 1 aliphatic heterocycles. The van der Waals surface area contributed by atoms with Crippen LogP contribution in [0, 0.1) is 11.2 Å². The Morgan fingerprint density at radius 1 is 1.20 bits per heavy atom. The molecule has 1 heterocycles. The summed E-state index contributed by atoms with van der Waals surface area (Å²) in [5, 5.41) is 4.25. The van der Waals surface area contributed by atoms with Gasteiger partial charge < -0.3 is 14.5 Å². The van der Waals surface area contributed by atoms with E-state index in [4.69, 9.17) is 9.57 Å². The van der Waals surface area contributed by atoms with Gasteiger partial charge in [-0.25, -0.2) is 4.39 Å². The van der Waals surface area contributed by atoms with E-state index in [0.29, 0.717) is 25.9 Å². The third-order valence-electron chi connectivity index (χ3n) is 4.90. The van der Waals surface area contributed by atoms with Crippen molar-refractivity contribution in [1.82, 2.24) is 4.90 Å². The SMILES string of the molecule is COc1ccccc1C1=NO[C@H](CN(Cc2ccc(F)cc2)C(=O)CC(C)(C)C)C1. The Kier molecular flexibility index (Phi) is 6.75. The van der Waals surface area contributed by atoms with Gasteiger partial charge in [0.25, 0.3) is 0 Å². The summed E-state index contributed by atoms with van der Waals surface area (Å²) in [4.78, 5) is 20.5. The average Bonchev–Trinajstić information content (AvgIpc) is 3.16. The number of oxime groups is 1. The fourth-order valence-corrected chi connectivity index (χ4v) is 3.44. The molecule has 1 atom stereocenters. The fourth-order valence-electron chi connectivity index (χ4n) is 3.44. The molecular formula is C24H29FN2O3. The van der Waals surface area contributed by atoms with E-state index < -0.39 is 0 Å². The van der Waals surface area contributed by atoms with Crippen molar-refractivity contribution >= 4 is 11.6 Å². The molecule has 0 unspecified atom stereocenters. The lowest BCUT2D eigenvalue weighted by Gasteiger charge is -2.28. The Morgan fingerprint density at radius 2 is 1.90 bits per heavy atom. The van der Waals surface area contributed by atoms with Gasteiger partial charge in [-0.2, -0.15) is 0 Å². The highest BCUT2D eigenvalue weighted by molar-refractivity contribution is 6.03. The highest BCUT2D eigenvalue weighted by atomic mass is 19.1. The zero-order valence-electron chi connectivity index (χ0n) is 18.0. The number of hydrogen-bond acceptors (Lipinski definition) is 4. The molecule has 6 heteroatoms. The molecule has 0 saturated heterocycles. The Labute approximate surface area is 177 Å². The van der Waals surface area contributed by atoms with Gasteiger partial charge in [0.1, 0.15) is 11.6 Å². The topological polar surface area (TPSA) is 51.1 Å². The lowest BCUT2D eigenvalue weighted by atomic mass is 9.91. The van der Waals surface area contributed by atoms with E-state index in [0.717, 1.165) is 22.6 Å². The van der Waals surface area contributed by atoms with E-state index in [9.17, 15) is 9.18 Å². The normalized spacial score (nSPS) is 16.0. The van der Waals surface area contributed by atoms with E-state index in [2.05, 4.69) is 5.16 Å². The number of hydrogen-bond donors (Lipinski definition) is 0. The van der Waals surface area contributed by atoms with Crippen LogP contribution in [0.15, 0.2) is 53.7 Å². The van der Waals surface area contributed by atoms with Crippen LogP contribution >= 0.6 is 0 Å². The second-order valence-electron chi connectivity index (χ2n) is 8.81. The second-order valence-corrected chi connectivity index (χ2v) is 8.81. The van der Waals surface area contributed by atoms with Crippen LogP contribution in [0.1, 0.15) is 44.7 Å². The lowest BCUT2D eigenvalue weighted by Crippen LogP contribution is -2.38. The smallest absolute Gasteiger partial charge is 0.223 e. The highest BCUT2D eigenvalue weighted by Gasteiger charge is 2.29. The molecule has 0 spiro atoms. The van der Waals surface area contributed by atoms with Crippen molar-refractivity contribution < 1.29 is 18.8 Å². The quantitative estimate of drug-likeness (QED) is 0.657. The van der Waals surface area contributed by atoms with Crippen molar-refractivity contribution in [1.29, 1.82) is 0 Å². The molecular weight excluding hydrogens is 383 g/mol. The number of para-hydroxylation sites is 1. The van der Waals surface area contributed by atoms with Gasteiger partial charge in [0, 0.05) is 24.9 Å². The van der Waals surface area contributed by atoms with Gasteiger partial charge >= 0.3 is 0 Å². The number of benzene rings is 2. The molecule has 1 amide bonds. The maximum atomic E-state index is 13.3. The number of methoxy groups -OCH3 is 1. The molecule has 0 aliphatic carbocycles. The predicted molar refractivity (Wildman–Crippen MR) is 115 cm³/mol. The van der Waals surface area contributed by atoms with E-state index in [-0.39, 0.29) is 23.2 Å². The maximum absolute atomic E-state index is 13.3. The molecule has 0 aromatic heterocycles. The highest BCUT2D eigenvalue weighted by Crippen LogP contribution is 2.26. The summed E-state index contributed by atoms with van der Waals surface area (Å²) in [5.41, 5.74) is 2.45. The van der Waals surface area contributed by atoms with Gasteiger partial charge in [-0.3, -0.25) is 4.79 Å². The summed E-state index contributed by atoms with van der Waals surface area (Å²) >= 11 is 0.